The summed E-state index contributed by atoms with van der Waals surface area (Å²) in [6, 6.07) is 3.21. The number of alkyl halides is 3. The molecule has 0 aromatic carbocycles. The van der Waals surface area contributed by atoms with E-state index in [1.807, 2.05) is 12.3 Å². The van der Waals surface area contributed by atoms with Crippen LogP contribution in [0.1, 0.15) is 33.8 Å². The fourth-order valence-corrected chi connectivity index (χ4v) is 5.68. The summed E-state index contributed by atoms with van der Waals surface area (Å²) in [6.07, 6.45) is 1.15. The minimum Gasteiger partial charge on any atom is -0.305 e. The minimum atomic E-state index is -4.19. The first-order valence-corrected chi connectivity index (χ1v) is 11.4. The molecule has 0 bridgehead atoms. The van der Waals surface area contributed by atoms with E-state index in [1.165, 1.54) is 15.7 Å². The van der Waals surface area contributed by atoms with Crippen molar-refractivity contribution in [2.75, 3.05) is 0 Å². The number of imidazole rings is 1. The predicted octanol–water partition coefficient (Wildman–Crippen LogP) is 4.04. The van der Waals surface area contributed by atoms with Gasteiger partial charge in [-0.25, -0.2) is 4.98 Å². The van der Waals surface area contributed by atoms with E-state index in [0.29, 0.717) is 17.8 Å². The molecule has 0 saturated heterocycles. The van der Waals surface area contributed by atoms with E-state index in [2.05, 4.69) is 4.98 Å². The Kier molecular flexibility index (Phi) is 5.08. The highest BCUT2D eigenvalue weighted by Crippen LogP contribution is 2.40. The Hall–Kier alpha value is -3.14. The molecule has 0 saturated carbocycles. The van der Waals surface area contributed by atoms with Crippen LogP contribution in [-0.2, 0) is 19.4 Å². The summed E-state index contributed by atoms with van der Waals surface area (Å²) in [5.41, 5.74) is 3.15. The first kappa shape index (κ1) is 21.7. The Morgan fingerprint density at radius 1 is 1.15 bits per heavy atom. The van der Waals surface area contributed by atoms with E-state index in [4.69, 9.17) is 0 Å². The van der Waals surface area contributed by atoms with Gasteiger partial charge in [0, 0.05) is 23.0 Å². The summed E-state index contributed by atoms with van der Waals surface area (Å²) < 4.78 is 44.0. The highest BCUT2D eigenvalue weighted by molar-refractivity contribution is 7.10. The van der Waals surface area contributed by atoms with Gasteiger partial charge in [-0.1, -0.05) is 0 Å². The van der Waals surface area contributed by atoms with Gasteiger partial charge in [0.25, 0.3) is 11.1 Å². The van der Waals surface area contributed by atoms with Gasteiger partial charge in [-0.15, -0.1) is 11.3 Å². The van der Waals surface area contributed by atoms with E-state index in [-0.39, 0.29) is 36.0 Å². The molecular formula is C23H21F3N4O2S. The lowest BCUT2D eigenvalue weighted by Crippen LogP contribution is -2.31. The molecule has 10 heteroatoms. The second kappa shape index (κ2) is 7.72. The van der Waals surface area contributed by atoms with Crippen LogP contribution in [0.25, 0.3) is 11.2 Å². The topological polar surface area (TPSA) is 61.3 Å². The Balaban J connectivity index is 1.53. The molecule has 0 spiro atoms. The summed E-state index contributed by atoms with van der Waals surface area (Å²) in [7, 11) is 0. The van der Waals surface area contributed by atoms with Gasteiger partial charge in [0.05, 0.1) is 24.5 Å². The van der Waals surface area contributed by atoms with Crippen LogP contribution in [0.3, 0.4) is 0 Å². The number of rotatable bonds is 3. The number of pyridine rings is 1. The number of thiophene rings is 1. The van der Waals surface area contributed by atoms with Gasteiger partial charge < -0.3 is 9.13 Å². The molecule has 0 N–H and O–H groups in total. The molecule has 172 valence electrons. The molecule has 4 heterocycles. The molecule has 1 unspecified atom stereocenters. The van der Waals surface area contributed by atoms with Crippen molar-refractivity contribution in [3.63, 3.8) is 0 Å². The van der Waals surface area contributed by atoms with Crippen LogP contribution in [0, 0.1) is 19.8 Å². The molecule has 0 amide bonds. The third-order valence-electron chi connectivity index (χ3n) is 6.33. The van der Waals surface area contributed by atoms with Crippen LogP contribution in [-0.4, -0.2) is 24.7 Å². The quantitative estimate of drug-likeness (QED) is 0.450. The Morgan fingerprint density at radius 3 is 2.64 bits per heavy atom. The Labute approximate surface area is 190 Å². The molecule has 1 aliphatic carbocycles. The normalized spacial score (nSPS) is 16.3. The largest absolute Gasteiger partial charge is 0.392 e. The van der Waals surface area contributed by atoms with Crippen molar-refractivity contribution in [3.8, 4) is 5.69 Å². The van der Waals surface area contributed by atoms with Gasteiger partial charge in [0.15, 0.2) is 0 Å². The summed E-state index contributed by atoms with van der Waals surface area (Å²) in [4.78, 5) is 31.2. The summed E-state index contributed by atoms with van der Waals surface area (Å²) in [5.74, 6) is -1.30. The molecule has 0 radical (unpaired) electrons. The van der Waals surface area contributed by atoms with Crippen LogP contribution in [0.2, 0.25) is 0 Å². The van der Waals surface area contributed by atoms with E-state index in [9.17, 15) is 22.8 Å². The molecule has 1 aliphatic rings. The number of hydrogen-bond donors (Lipinski definition) is 0. The van der Waals surface area contributed by atoms with Gasteiger partial charge in [-0.3, -0.25) is 14.0 Å². The number of hydrogen-bond acceptors (Lipinski definition) is 4. The summed E-state index contributed by atoms with van der Waals surface area (Å²) in [5, 5.41) is 1.86. The van der Waals surface area contributed by atoms with Gasteiger partial charge >= 0.3 is 6.18 Å². The zero-order valence-corrected chi connectivity index (χ0v) is 18.8. The van der Waals surface area contributed by atoms with Crippen molar-refractivity contribution in [3.05, 3.63) is 84.3 Å². The number of halogens is 3. The molecule has 6 nitrogen and oxygen atoms in total. The van der Waals surface area contributed by atoms with Crippen LogP contribution in [0.15, 0.2) is 45.8 Å². The van der Waals surface area contributed by atoms with E-state index in [1.54, 1.807) is 46.9 Å². The lowest BCUT2D eigenvalue weighted by atomic mass is 9.87. The molecule has 5 rings (SSSR count). The van der Waals surface area contributed by atoms with Crippen molar-refractivity contribution in [1.29, 1.82) is 0 Å². The molecule has 33 heavy (non-hydrogen) atoms. The smallest absolute Gasteiger partial charge is 0.305 e. The van der Waals surface area contributed by atoms with E-state index in [0.717, 1.165) is 21.7 Å². The van der Waals surface area contributed by atoms with Gasteiger partial charge in [0.1, 0.15) is 11.2 Å². The minimum absolute atomic E-state index is 0.000988. The van der Waals surface area contributed by atoms with Crippen molar-refractivity contribution >= 4 is 16.9 Å². The van der Waals surface area contributed by atoms with Crippen LogP contribution in [0.5, 0.6) is 0 Å². The second-order valence-corrected chi connectivity index (χ2v) is 9.47. The van der Waals surface area contributed by atoms with Gasteiger partial charge in [-0.2, -0.15) is 13.2 Å². The first-order chi connectivity index (χ1) is 15.6. The molecule has 0 fully saturated rings. The highest BCUT2D eigenvalue weighted by atomic mass is 32.1. The van der Waals surface area contributed by atoms with Crippen LogP contribution < -0.4 is 11.1 Å². The summed E-state index contributed by atoms with van der Waals surface area (Å²) in [6.45, 7) is 3.84. The average Bonchev–Trinajstić information content (AvgIpc) is 3.37. The van der Waals surface area contributed by atoms with Crippen LogP contribution >= 0.6 is 11.3 Å². The molecule has 4 aromatic heterocycles. The Morgan fingerprint density at radius 2 is 1.94 bits per heavy atom. The molecule has 0 aliphatic heterocycles. The van der Waals surface area contributed by atoms with Crippen molar-refractivity contribution in [2.24, 2.45) is 5.92 Å². The number of aromatic nitrogens is 4. The van der Waals surface area contributed by atoms with Gasteiger partial charge in [-0.05, 0) is 61.7 Å². The van der Waals surface area contributed by atoms with Crippen molar-refractivity contribution in [2.45, 2.75) is 45.8 Å². The maximum Gasteiger partial charge on any atom is 0.392 e. The average molecular weight is 475 g/mol. The maximum atomic E-state index is 13.3. The lowest BCUT2D eigenvalue weighted by molar-refractivity contribution is -0.176. The third-order valence-corrected chi connectivity index (χ3v) is 7.43. The zero-order chi connectivity index (χ0) is 23.5. The fraction of sp³-hybridized carbons (Fsp3) is 0.348. The number of fused-ring (bicyclic) bond motifs is 2. The third kappa shape index (κ3) is 3.72. The molecule has 1 atom stereocenters. The standard InChI is InChI=1S/C23H21F3N4O2S/c1-13-8-28(12-27-13)18-5-6-19-22(32)29(14(2)9-30(19)21(18)31)10-15-11-33-20-7-16(23(24,25)26)3-4-17(15)20/h5-6,8-9,11-12,16H,3-4,7,10H2,1-2H3. The Bertz CT molecular complexity index is 1490. The van der Waals surface area contributed by atoms with E-state index < -0.39 is 12.1 Å². The maximum absolute atomic E-state index is 13.3. The number of aryl methyl sites for hydroxylation is 2. The van der Waals surface area contributed by atoms with Crippen molar-refractivity contribution < 1.29 is 13.2 Å². The van der Waals surface area contributed by atoms with Gasteiger partial charge in [0.2, 0.25) is 0 Å². The van der Waals surface area contributed by atoms with E-state index >= 15 is 0 Å². The van der Waals surface area contributed by atoms with Crippen LogP contribution in [0.4, 0.5) is 13.2 Å². The highest BCUT2D eigenvalue weighted by Gasteiger charge is 2.41. The SMILES string of the molecule is Cc1cn(-c2ccc3c(=O)n(Cc4csc5c4CCC(C(F)(F)F)C5)c(C)cn3c2=O)cn1. The molecular weight excluding hydrogens is 453 g/mol. The monoisotopic (exact) mass is 474 g/mol. The second-order valence-electron chi connectivity index (χ2n) is 8.51. The predicted molar refractivity (Wildman–Crippen MR) is 120 cm³/mol. The molecule has 4 aromatic rings. The zero-order valence-electron chi connectivity index (χ0n) is 18.0. The van der Waals surface area contributed by atoms with Crippen molar-refractivity contribution in [1.82, 2.24) is 18.5 Å². The lowest BCUT2D eigenvalue weighted by Gasteiger charge is -2.25. The first-order valence-electron chi connectivity index (χ1n) is 10.5. The number of nitrogens with zero attached hydrogens (tertiary/aromatic N) is 4. The summed E-state index contributed by atoms with van der Waals surface area (Å²) >= 11 is 1.33. The fourth-order valence-electron chi connectivity index (χ4n) is 4.51.